The van der Waals surface area contributed by atoms with Gasteiger partial charge in [0, 0.05) is 23.5 Å². The molecule has 2 aromatic heterocycles. The Morgan fingerprint density at radius 1 is 1.00 bits per heavy atom. The van der Waals surface area contributed by atoms with Gasteiger partial charge >= 0.3 is 6.03 Å². The van der Waals surface area contributed by atoms with Gasteiger partial charge in [0.05, 0.1) is 18.8 Å². The van der Waals surface area contributed by atoms with Crippen LogP contribution in [0.3, 0.4) is 0 Å². The van der Waals surface area contributed by atoms with Crippen LogP contribution in [0.2, 0.25) is 0 Å². The second-order valence-corrected chi connectivity index (χ2v) is 9.31. The molecule has 7 heteroatoms. The fourth-order valence-corrected chi connectivity index (χ4v) is 4.42. The summed E-state index contributed by atoms with van der Waals surface area (Å²) in [5.41, 5.74) is 0.572. The molecule has 33 heavy (non-hydrogen) atoms. The van der Waals surface area contributed by atoms with Gasteiger partial charge in [0.15, 0.2) is 0 Å². The van der Waals surface area contributed by atoms with E-state index in [0.717, 1.165) is 36.5 Å². The van der Waals surface area contributed by atoms with E-state index >= 15 is 0 Å². The molecule has 0 unspecified atom stereocenters. The van der Waals surface area contributed by atoms with Gasteiger partial charge in [-0.3, -0.25) is 9.69 Å². The number of rotatable bonds is 7. The monoisotopic (exact) mass is 450 g/mol. The van der Waals surface area contributed by atoms with Crippen molar-refractivity contribution in [2.24, 2.45) is 5.92 Å². The van der Waals surface area contributed by atoms with Crippen molar-refractivity contribution in [2.45, 2.75) is 59.2 Å². The Morgan fingerprint density at radius 2 is 1.70 bits per heavy atom. The number of likely N-dealkylation sites (tertiary alicyclic amines) is 1. The Labute approximate surface area is 194 Å². The van der Waals surface area contributed by atoms with E-state index in [4.69, 9.17) is 4.42 Å². The first-order chi connectivity index (χ1) is 16.0. The molecule has 7 nitrogen and oxygen atoms in total. The van der Waals surface area contributed by atoms with E-state index in [1.165, 1.54) is 25.7 Å². The predicted molar refractivity (Wildman–Crippen MR) is 131 cm³/mol. The minimum absolute atomic E-state index is 0.0437. The first-order valence-electron chi connectivity index (χ1n) is 12.0. The molecule has 1 aliphatic rings. The van der Waals surface area contributed by atoms with E-state index in [2.05, 4.69) is 29.4 Å². The Hall–Kier alpha value is -3.06. The van der Waals surface area contributed by atoms with Crippen molar-refractivity contribution in [1.82, 2.24) is 14.8 Å². The molecule has 2 N–H and O–H groups in total. The van der Waals surface area contributed by atoms with Crippen LogP contribution in [0.4, 0.5) is 10.5 Å². The van der Waals surface area contributed by atoms with Crippen molar-refractivity contribution in [2.75, 3.05) is 18.4 Å². The maximum Gasteiger partial charge on any atom is 0.319 e. The molecule has 1 aromatic carbocycles. The number of urea groups is 1. The van der Waals surface area contributed by atoms with Crippen LogP contribution in [0.1, 0.15) is 51.1 Å². The third-order valence-corrected chi connectivity index (χ3v) is 6.02. The summed E-state index contributed by atoms with van der Waals surface area (Å²) >= 11 is 0. The molecule has 176 valence electrons. The van der Waals surface area contributed by atoms with Crippen molar-refractivity contribution in [3.63, 3.8) is 0 Å². The highest BCUT2D eigenvalue weighted by atomic mass is 16.3. The van der Waals surface area contributed by atoms with Gasteiger partial charge < -0.3 is 19.6 Å². The van der Waals surface area contributed by atoms with Gasteiger partial charge in [-0.1, -0.05) is 44.9 Å². The maximum atomic E-state index is 12.8. The highest BCUT2D eigenvalue weighted by Crippen LogP contribution is 2.21. The average molecular weight is 451 g/mol. The number of furan rings is 1. The van der Waals surface area contributed by atoms with Crippen molar-refractivity contribution < 1.29 is 9.21 Å². The lowest BCUT2D eigenvalue weighted by atomic mass is 10.1. The fourth-order valence-electron chi connectivity index (χ4n) is 4.42. The van der Waals surface area contributed by atoms with Crippen LogP contribution < -0.4 is 16.2 Å². The second kappa shape index (κ2) is 10.7. The smallest absolute Gasteiger partial charge is 0.319 e. The van der Waals surface area contributed by atoms with Crippen LogP contribution in [-0.4, -0.2) is 28.6 Å². The average Bonchev–Trinajstić information content (AvgIpc) is 3.08. The SMILES string of the molecule is CC(C)Cn1cc(NC(=O)NCc2ccc(CN3CCCCCC3)o2)c2ccccc2c1=O. The number of fused-ring (bicyclic) bond motifs is 1. The van der Waals surface area contributed by atoms with Crippen LogP contribution in [0.25, 0.3) is 10.8 Å². The fraction of sp³-hybridized carbons (Fsp3) is 0.462. The molecular weight excluding hydrogens is 416 g/mol. The van der Waals surface area contributed by atoms with E-state index in [9.17, 15) is 9.59 Å². The molecule has 4 rings (SSSR count). The van der Waals surface area contributed by atoms with E-state index in [1.807, 2.05) is 30.3 Å². The normalized spacial score (nSPS) is 15.0. The Kier molecular flexibility index (Phi) is 7.50. The van der Waals surface area contributed by atoms with Crippen LogP contribution in [0, 0.1) is 5.92 Å². The summed E-state index contributed by atoms with van der Waals surface area (Å²) in [5, 5.41) is 7.11. The number of aromatic nitrogens is 1. The zero-order chi connectivity index (χ0) is 23.2. The zero-order valence-corrected chi connectivity index (χ0v) is 19.6. The topological polar surface area (TPSA) is 79.5 Å². The molecule has 0 atom stereocenters. The number of hydrogen-bond donors (Lipinski definition) is 2. The van der Waals surface area contributed by atoms with Crippen LogP contribution in [-0.2, 0) is 19.6 Å². The number of nitrogens with zero attached hydrogens (tertiary/aromatic N) is 2. The number of hydrogen-bond acceptors (Lipinski definition) is 4. The molecule has 1 fully saturated rings. The Bertz CT molecular complexity index is 1140. The lowest BCUT2D eigenvalue weighted by Gasteiger charge is -2.17. The van der Waals surface area contributed by atoms with Crippen LogP contribution in [0.5, 0.6) is 0 Å². The van der Waals surface area contributed by atoms with Crippen molar-refractivity contribution >= 4 is 22.5 Å². The first kappa shape index (κ1) is 23.1. The number of carbonyl (C=O) groups is 1. The number of benzene rings is 1. The van der Waals surface area contributed by atoms with E-state index < -0.39 is 0 Å². The third kappa shape index (κ3) is 6.05. The summed E-state index contributed by atoms with van der Waals surface area (Å²) in [7, 11) is 0. The molecule has 1 saturated heterocycles. The molecular formula is C26H34N4O3. The lowest BCUT2D eigenvalue weighted by molar-refractivity contribution is 0.245. The number of nitrogens with one attached hydrogen (secondary N) is 2. The van der Waals surface area contributed by atoms with Crippen molar-refractivity contribution in [1.29, 1.82) is 0 Å². The van der Waals surface area contributed by atoms with Gasteiger partial charge in [0.1, 0.15) is 11.5 Å². The van der Waals surface area contributed by atoms with E-state index in [1.54, 1.807) is 16.8 Å². The molecule has 2 amide bonds. The minimum Gasteiger partial charge on any atom is -0.463 e. The Morgan fingerprint density at radius 3 is 2.42 bits per heavy atom. The van der Waals surface area contributed by atoms with E-state index in [-0.39, 0.29) is 11.6 Å². The third-order valence-electron chi connectivity index (χ3n) is 6.02. The molecule has 1 aliphatic heterocycles. The summed E-state index contributed by atoms with van der Waals surface area (Å²) in [6.45, 7) is 8.06. The molecule has 0 saturated carbocycles. The van der Waals surface area contributed by atoms with Gasteiger partial charge in [-0.05, 0) is 50.0 Å². The molecule has 3 aromatic rings. The largest absolute Gasteiger partial charge is 0.463 e. The summed E-state index contributed by atoms with van der Waals surface area (Å²) in [4.78, 5) is 27.9. The van der Waals surface area contributed by atoms with Gasteiger partial charge in [-0.15, -0.1) is 0 Å². The molecule has 0 bridgehead atoms. The van der Waals surface area contributed by atoms with Crippen molar-refractivity contribution in [3.8, 4) is 0 Å². The van der Waals surface area contributed by atoms with Gasteiger partial charge in [-0.25, -0.2) is 4.79 Å². The molecule has 0 spiro atoms. The van der Waals surface area contributed by atoms with E-state index in [0.29, 0.717) is 30.1 Å². The number of amides is 2. The maximum absolute atomic E-state index is 12.8. The quantitative estimate of drug-likeness (QED) is 0.534. The van der Waals surface area contributed by atoms with Crippen LogP contribution >= 0.6 is 0 Å². The number of carbonyl (C=O) groups excluding carboxylic acids is 1. The minimum atomic E-state index is -0.333. The highest BCUT2D eigenvalue weighted by molar-refractivity contribution is 6.00. The van der Waals surface area contributed by atoms with Gasteiger partial charge in [0.25, 0.3) is 5.56 Å². The molecule has 3 heterocycles. The standard InChI is InChI=1S/C26H34N4O3/c1-19(2)16-30-18-24(22-9-5-6-10-23(22)25(30)31)28-26(32)27-15-20-11-12-21(33-20)17-29-13-7-3-4-8-14-29/h5-6,9-12,18-19H,3-4,7-8,13-17H2,1-2H3,(H2,27,28,32). The first-order valence-corrected chi connectivity index (χ1v) is 12.0. The summed E-state index contributed by atoms with van der Waals surface area (Å²) in [5.74, 6) is 1.97. The van der Waals surface area contributed by atoms with Gasteiger partial charge in [-0.2, -0.15) is 0 Å². The highest BCUT2D eigenvalue weighted by Gasteiger charge is 2.14. The molecule has 0 aliphatic carbocycles. The lowest BCUT2D eigenvalue weighted by Crippen LogP contribution is -2.30. The van der Waals surface area contributed by atoms with Crippen molar-refractivity contribution in [3.05, 3.63) is 64.5 Å². The summed E-state index contributed by atoms with van der Waals surface area (Å²) in [6.07, 6.45) is 6.84. The van der Waals surface area contributed by atoms with Crippen LogP contribution in [0.15, 0.2) is 51.8 Å². The zero-order valence-electron chi connectivity index (χ0n) is 19.6. The summed E-state index contributed by atoms with van der Waals surface area (Å²) < 4.78 is 7.62. The molecule has 0 radical (unpaired) electrons. The Balaban J connectivity index is 1.39. The summed E-state index contributed by atoms with van der Waals surface area (Å²) in [6, 6.07) is 10.9. The number of anilines is 1. The van der Waals surface area contributed by atoms with Gasteiger partial charge in [0.2, 0.25) is 0 Å². The predicted octanol–water partition coefficient (Wildman–Crippen LogP) is 4.95. The second-order valence-electron chi connectivity index (χ2n) is 9.31. The number of pyridine rings is 1.